The summed E-state index contributed by atoms with van der Waals surface area (Å²) in [6, 6.07) is 3.19. The molecule has 0 bridgehead atoms. The fourth-order valence-corrected chi connectivity index (χ4v) is 3.43. The van der Waals surface area contributed by atoms with Crippen LogP contribution in [-0.4, -0.2) is 12.0 Å². The molecule has 1 nitrogen and oxygen atoms in total. The second-order valence-electron chi connectivity index (χ2n) is 4.57. The molecule has 0 N–H and O–H groups in total. The van der Waals surface area contributed by atoms with Crippen LogP contribution in [0.2, 0.25) is 4.34 Å². The molecular formula is C12H12ClF3OS. The third kappa shape index (κ3) is 3.06. The first-order valence-electron chi connectivity index (χ1n) is 5.74. The van der Waals surface area contributed by atoms with Crippen molar-refractivity contribution in [1.82, 2.24) is 0 Å². The first kappa shape index (κ1) is 13.9. The van der Waals surface area contributed by atoms with Gasteiger partial charge in [0.2, 0.25) is 0 Å². The summed E-state index contributed by atoms with van der Waals surface area (Å²) in [5.41, 5.74) is 0. The van der Waals surface area contributed by atoms with E-state index in [9.17, 15) is 18.0 Å². The van der Waals surface area contributed by atoms with E-state index in [0.29, 0.717) is 22.1 Å². The molecule has 2 unspecified atom stereocenters. The van der Waals surface area contributed by atoms with Gasteiger partial charge >= 0.3 is 6.18 Å². The number of rotatable bonds is 2. The van der Waals surface area contributed by atoms with Crippen LogP contribution in [-0.2, 0) is 0 Å². The molecule has 100 valence electrons. The molecule has 0 amide bonds. The van der Waals surface area contributed by atoms with Crippen LogP contribution in [0, 0.1) is 11.8 Å². The SMILES string of the molecule is O=C(c1ccc(Cl)s1)C1CCCC(C(F)(F)F)C1. The maximum atomic E-state index is 12.7. The molecule has 0 saturated heterocycles. The van der Waals surface area contributed by atoms with Gasteiger partial charge in [-0.2, -0.15) is 13.2 Å². The highest BCUT2D eigenvalue weighted by Gasteiger charge is 2.43. The lowest BCUT2D eigenvalue weighted by molar-refractivity contribution is -0.184. The minimum absolute atomic E-state index is 0.0855. The Morgan fingerprint density at radius 1 is 1.33 bits per heavy atom. The third-order valence-corrected chi connectivity index (χ3v) is 4.57. The molecule has 1 aliphatic carbocycles. The number of carbonyl (C=O) groups is 1. The number of Topliss-reactive ketones (excluding diaryl/α,β-unsaturated/α-hetero) is 1. The van der Waals surface area contributed by atoms with Crippen molar-refractivity contribution in [3.63, 3.8) is 0 Å². The Labute approximate surface area is 112 Å². The van der Waals surface area contributed by atoms with E-state index in [2.05, 4.69) is 0 Å². The zero-order chi connectivity index (χ0) is 13.3. The van der Waals surface area contributed by atoms with Gasteiger partial charge in [0.1, 0.15) is 0 Å². The lowest BCUT2D eigenvalue weighted by Crippen LogP contribution is -2.31. The van der Waals surface area contributed by atoms with Gasteiger partial charge in [-0.1, -0.05) is 18.0 Å². The van der Waals surface area contributed by atoms with Gasteiger partial charge < -0.3 is 0 Å². The summed E-state index contributed by atoms with van der Waals surface area (Å²) in [6.45, 7) is 0. The highest BCUT2D eigenvalue weighted by atomic mass is 35.5. The average molecular weight is 297 g/mol. The smallest absolute Gasteiger partial charge is 0.293 e. The number of thiophene rings is 1. The Hall–Kier alpha value is -0.550. The summed E-state index contributed by atoms with van der Waals surface area (Å²) in [5.74, 6) is -2.04. The molecule has 0 aromatic carbocycles. The fraction of sp³-hybridized carbons (Fsp3) is 0.583. The molecule has 0 spiro atoms. The predicted octanol–water partition coefficient (Wildman–Crippen LogP) is 4.95. The summed E-state index contributed by atoms with van der Waals surface area (Å²) >= 11 is 6.86. The quantitative estimate of drug-likeness (QED) is 0.706. The molecule has 2 atom stereocenters. The average Bonchev–Trinajstić information content (AvgIpc) is 2.74. The normalized spacial score (nSPS) is 25.1. The zero-order valence-electron chi connectivity index (χ0n) is 9.47. The van der Waals surface area contributed by atoms with Crippen molar-refractivity contribution in [3.05, 3.63) is 21.3 Å². The van der Waals surface area contributed by atoms with Gasteiger partial charge in [0.15, 0.2) is 5.78 Å². The van der Waals surface area contributed by atoms with Crippen molar-refractivity contribution in [3.8, 4) is 0 Å². The van der Waals surface area contributed by atoms with E-state index in [1.54, 1.807) is 12.1 Å². The Kier molecular flexibility index (Phi) is 4.02. The summed E-state index contributed by atoms with van der Waals surface area (Å²) in [6.07, 6.45) is -3.14. The second kappa shape index (κ2) is 5.21. The van der Waals surface area contributed by atoms with Gasteiger partial charge in [0, 0.05) is 5.92 Å². The number of hydrogen-bond donors (Lipinski definition) is 0. The van der Waals surface area contributed by atoms with Crippen molar-refractivity contribution in [2.75, 3.05) is 0 Å². The lowest BCUT2D eigenvalue weighted by atomic mass is 9.79. The molecule has 1 heterocycles. The van der Waals surface area contributed by atoms with Crippen LogP contribution in [0.4, 0.5) is 13.2 Å². The van der Waals surface area contributed by atoms with Gasteiger partial charge in [-0.05, 0) is 31.4 Å². The van der Waals surface area contributed by atoms with E-state index >= 15 is 0 Å². The number of alkyl halides is 3. The minimum atomic E-state index is -4.19. The van der Waals surface area contributed by atoms with Gasteiger partial charge in [0.25, 0.3) is 0 Å². The Bertz CT molecular complexity index is 441. The zero-order valence-corrected chi connectivity index (χ0v) is 11.0. The predicted molar refractivity (Wildman–Crippen MR) is 65.2 cm³/mol. The first-order chi connectivity index (χ1) is 8.38. The molecule has 6 heteroatoms. The van der Waals surface area contributed by atoms with Crippen LogP contribution in [0.15, 0.2) is 12.1 Å². The van der Waals surface area contributed by atoms with Crippen LogP contribution in [0.25, 0.3) is 0 Å². The van der Waals surface area contributed by atoms with Gasteiger partial charge in [-0.15, -0.1) is 11.3 Å². The number of hydrogen-bond acceptors (Lipinski definition) is 2. The lowest BCUT2D eigenvalue weighted by Gasteiger charge is -2.29. The van der Waals surface area contributed by atoms with E-state index in [1.807, 2.05) is 0 Å². The Morgan fingerprint density at radius 2 is 2.06 bits per heavy atom. The topological polar surface area (TPSA) is 17.1 Å². The summed E-state index contributed by atoms with van der Waals surface area (Å²) in [4.78, 5) is 12.5. The third-order valence-electron chi connectivity index (χ3n) is 3.32. The summed E-state index contributed by atoms with van der Waals surface area (Å²) < 4.78 is 38.5. The molecule has 1 fully saturated rings. The molecule has 2 rings (SSSR count). The molecular weight excluding hydrogens is 285 g/mol. The maximum absolute atomic E-state index is 12.7. The highest BCUT2D eigenvalue weighted by Crippen LogP contribution is 2.41. The Morgan fingerprint density at radius 3 is 2.61 bits per heavy atom. The Balaban J connectivity index is 2.07. The van der Waals surface area contributed by atoms with Gasteiger partial charge in [-0.25, -0.2) is 0 Å². The van der Waals surface area contributed by atoms with E-state index < -0.39 is 18.0 Å². The number of carbonyl (C=O) groups excluding carboxylic acids is 1. The standard InChI is InChI=1S/C12H12ClF3OS/c13-10-5-4-9(18-10)11(17)7-2-1-3-8(6-7)12(14,15)16/h4-5,7-8H,1-3,6H2. The molecule has 1 aromatic rings. The molecule has 0 radical (unpaired) electrons. The van der Waals surface area contributed by atoms with Crippen molar-refractivity contribution >= 4 is 28.7 Å². The number of halogens is 4. The molecule has 1 aromatic heterocycles. The van der Waals surface area contributed by atoms with Crippen LogP contribution < -0.4 is 0 Å². The second-order valence-corrected chi connectivity index (χ2v) is 6.29. The van der Waals surface area contributed by atoms with Crippen LogP contribution in [0.5, 0.6) is 0 Å². The molecule has 18 heavy (non-hydrogen) atoms. The van der Waals surface area contributed by atoms with Crippen molar-refractivity contribution in [2.24, 2.45) is 11.8 Å². The van der Waals surface area contributed by atoms with E-state index in [-0.39, 0.29) is 18.6 Å². The van der Waals surface area contributed by atoms with E-state index in [4.69, 9.17) is 11.6 Å². The van der Waals surface area contributed by atoms with Crippen LogP contribution in [0.3, 0.4) is 0 Å². The van der Waals surface area contributed by atoms with Crippen molar-refractivity contribution < 1.29 is 18.0 Å². The minimum Gasteiger partial charge on any atom is -0.293 e. The fourth-order valence-electron chi connectivity index (χ4n) is 2.37. The highest BCUT2D eigenvalue weighted by molar-refractivity contribution is 7.18. The number of ketones is 1. The molecule has 0 aliphatic heterocycles. The van der Waals surface area contributed by atoms with Gasteiger partial charge in [0.05, 0.1) is 15.1 Å². The molecule has 1 saturated carbocycles. The maximum Gasteiger partial charge on any atom is 0.391 e. The summed E-state index contributed by atoms with van der Waals surface area (Å²) in [5, 5.41) is 0. The van der Waals surface area contributed by atoms with Crippen LogP contribution in [0.1, 0.15) is 35.4 Å². The summed E-state index contributed by atoms with van der Waals surface area (Å²) in [7, 11) is 0. The first-order valence-corrected chi connectivity index (χ1v) is 6.93. The van der Waals surface area contributed by atoms with E-state index in [1.165, 1.54) is 0 Å². The van der Waals surface area contributed by atoms with Crippen molar-refractivity contribution in [2.45, 2.75) is 31.9 Å². The van der Waals surface area contributed by atoms with Crippen LogP contribution >= 0.6 is 22.9 Å². The monoisotopic (exact) mass is 296 g/mol. The van der Waals surface area contributed by atoms with Crippen molar-refractivity contribution in [1.29, 1.82) is 0 Å². The largest absolute Gasteiger partial charge is 0.391 e. The van der Waals surface area contributed by atoms with Gasteiger partial charge in [-0.3, -0.25) is 4.79 Å². The van der Waals surface area contributed by atoms with E-state index in [0.717, 1.165) is 11.3 Å². The molecule has 1 aliphatic rings.